The SMILES string of the molecule is Cc1cc(C)cc(C(=O)C(F)C(=O)C(C)(C)C)c1. The Kier molecular flexibility index (Phi) is 4.05. The van der Waals surface area contributed by atoms with Crippen LogP contribution in [0.4, 0.5) is 4.39 Å². The molecule has 3 heteroatoms. The number of carbonyl (C=O) groups is 2. The first-order valence-electron chi connectivity index (χ1n) is 5.94. The maximum absolute atomic E-state index is 13.9. The molecule has 0 heterocycles. The van der Waals surface area contributed by atoms with Crippen LogP contribution in [0.1, 0.15) is 42.3 Å². The number of ketones is 2. The molecule has 0 N–H and O–H groups in total. The van der Waals surface area contributed by atoms with Gasteiger partial charge in [0.15, 0.2) is 5.78 Å². The second-order valence-corrected chi connectivity index (χ2v) is 5.72. The number of benzene rings is 1. The first-order valence-corrected chi connectivity index (χ1v) is 5.94. The minimum absolute atomic E-state index is 0.262. The Morgan fingerprint density at radius 2 is 1.50 bits per heavy atom. The predicted octanol–water partition coefficient (Wildman–Crippen LogP) is 3.44. The molecule has 0 aromatic heterocycles. The number of hydrogen-bond donors (Lipinski definition) is 0. The molecule has 0 aliphatic carbocycles. The molecule has 0 fully saturated rings. The molecule has 0 saturated heterocycles. The van der Waals surface area contributed by atoms with E-state index >= 15 is 0 Å². The lowest BCUT2D eigenvalue weighted by Gasteiger charge is -2.18. The van der Waals surface area contributed by atoms with Gasteiger partial charge >= 0.3 is 0 Å². The Bertz CT molecular complexity index is 464. The summed E-state index contributed by atoms with van der Waals surface area (Å²) in [7, 11) is 0. The maximum Gasteiger partial charge on any atom is 0.221 e. The third-order valence-corrected chi connectivity index (χ3v) is 2.71. The second-order valence-electron chi connectivity index (χ2n) is 5.72. The van der Waals surface area contributed by atoms with Crippen LogP contribution in [0.3, 0.4) is 0 Å². The predicted molar refractivity (Wildman–Crippen MR) is 69.6 cm³/mol. The van der Waals surface area contributed by atoms with E-state index in [1.54, 1.807) is 32.9 Å². The summed E-state index contributed by atoms with van der Waals surface area (Å²) in [5.74, 6) is -1.42. The number of alkyl halides is 1. The third-order valence-electron chi connectivity index (χ3n) is 2.71. The van der Waals surface area contributed by atoms with Gasteiger partial charge in [-0.2, -0.15) is 0 Å². The molecule has 1 atom stereocenters. The van der Waals surface area contributed by atoms with Crippen molar-refractivity contribution in [1.29, 1.82) is 0 Å². The maximum atomic E-state index is 13.9. The highest BCUT2D eigenvalue weighted by molar-refractivity contribution is 6.14. The molecule has 0 radical (unpaired) electrons. The monoisotopic (exact) mass is 250 g/mol. The molecule has 0 aliphatic heterocycles. The first kappa shape index (κ1) is 14.6. The zero-order valence-electron chi connectivity index (χ0n) is 11.5. The van der Waals surface area contributed by atoms with Crippen molar-refractivity contribution in [2.45, 2.75) is 40.8 Å². The normalized spacial score (nSPS) is 13.2. The summed E-state index contributed by atoms with van der Waals surface area (Å²) < 4.78 is 13.9. The van der Waals surface area contributed by atoms with Gasteiger partial charge in [0.05, 0.1) is 0 Å². The van der Waals surface area contributed by atoms with Crippen LogP contribution in [0.5, 0.6) is 0 Å². The molecule has 0 spiro atoms. The molecule has 0 bridgehead atoms. The van der Waals surface area contributed by atoms with E-state index in [1.165, 1.54) is 0 Å². The van der Waals surface area contributed by atoms with Gasteiger partial charge in [-0.05, 0) is 26.0 Å². The number of rotatable bonds is 3. The molecule has 98 valence electrons. The molecule has 18 heavy (non-hydrogen) atoms. The van der Waals surface area contributed by atoms with Crippen molar-refractivity contribution in [1.82, 2.24) is 0 Å². The summed E-state index contributed by atoms with van der Waals surface area (Å²) in [6.45, 7) is 8.50. The highest BCUT2D eigenvalue weighted by atomic mass is 19.1. The molecule has 1 rings (SSSR count). The molecular formula is C15H19FO2. The minimum Gasteiger partial charge on any atom is -0.295 e. The molecule has 2 nitrogen and oxygen atoms in total. The number of Topliss-reactive ketones (excluding diaryl/α,β-unsaturated/α-hetero) is 2. The second kappa shape index (κ2) is 5.01. The van der Waals surface area contributed by atoms with Crippen molar-refractivity contribution in [2.24, 2.45) is 5.41 Å². The fourth-order valence-corrected chi connectivity index (χ4v) is 1.76. The molecule has 1 aromatic rings. The van der Waals surface area contributed by atoms with E-state index in [9.17, 15) is 14.0 Å². The number of halogens is 1. The van der Waals surface area contributed by atoms with Crippen LogP contribution in [-0.2, 0) is 4.79 Å². The minimum atomic E-state index is -2.08. The van der Waals surface area contributed by atoms with Crippen LogP contribution in [-0.4, -0.2) is 17.7 Å². The van der Waals surface area contributed by atoms with E-state index < -0.39 is 23.2 Å². The van der Waals surface area contributed by atoms with Crippen LogP contribution in [0.2, 0.25) is 0 Å². The Hall–Kier alpha value is -1.51. The molecular weight excluding hydrogens is 231 g/mol. The lowest BCUT2D eigenvalue weighted by molar-refractivity contribution is -0.129. The van der Waals surface area contributed by atoms with Crippen LogP contribution in [0.25, 0.3) is 0 Å². The molecule has 0 amide bonds. The molecule has 1 aromatic carbocycles. The lowest BCUT2D eigenvalue weighted by Crippen LogP contribution is -2.35. The smallest absolute Gasteiger partial charge is 0.221 e. The summed E-state index contributed by atoms with van der Waals surface area (Å²) in [5.41, 5.74) is 1.17. The van der Waals surface area contributed by atoms with Crippen molar-refractivity contribution >= 4 is 11.6 Å². The van der Waals surface area contributed by atoms with Crippen molar-refractivity contribution in [3.8, 4) is 0 Å². The Morgan fingerprint density at radius 3 is 1.89 bits per heavy atom. The van der Waals surface area contributed by atoms with E-state index in [2.05, 4.69) is 0 Å². The fourth-order valence-electron chi connectivity index (χ4n) is 1.76. The van der Waals surface area contributed by atoms with Gasteiger partial charge in [0.1, 0.15) is 0 Å². The van der Waals surface area contributed by atoms with Crippen molar-refractivity contribution in [3.05, 3.63) is 34.9 Å². The van der Waals surface area contributed by atoms with Crippen LogP contribution in [0.15, 0.2) is 18.2 Å². The summed E-state index contributed by atoms with van der Waals surface area (Å²) in [4.78, 5) is 23.7. The first-order chi connectivity index (χ1) is 8.12. The zero-order valence-corrected chi connectivity index (χ0v) is 11.5. The van der Waals surface area contributed by atoms with Gasteiger partial charge in [-0.1, -0.05) is 38.0 Å². The number of hydrogen-bond acceptors (Lipinski definition) is 2. The molecule has 0 aliphatic rings. The molecule has 0 saturated carbocycles. The zero-order chi connectivity index (χ0) is 14.1. The van der Waals surface area contributed by atoms with Gasteiger partial charge in [-0.15, -0.1) is 0 Å². The van der Waals surface area contributed by atoms with Gasteiger partial charge in [-0.3, -0.25) is 9.59 Å². The largest absolute Gasteiger partial charge is 0.295 e. The fraction of sp³-hybridized carbons (Fsp3) is 0.467. The van der Waals surface area contributed by atoms with Crippen LogP contribution >= 0.6 is 0 Å². The average Bonchev–Trinajstić information content (AvgIpc) is 2.23. The molecule has 1 unspecified atom stereocenters. The third kappa shape index (κ3) is 3.25. The van der Waals surface area contributed by atoms with E-state index in [0.717, 1.165) is 11.1 Å². The summed E-state index contributed by atoms with van der Waals surface area (Å²) in [6, 6.07) is 5.12. The van der Waals surface area contributed by atoms with Gasteiger partial charge < -0.3 is 0 Å². The van der Waals surface area contributed by atoms with Crippen molar-refractivity contribution < 1.29 is 14.0 Å². The highest BCUT2D eigenvalue weighted by Crippen LogP contribution is 2.21. The number of carbonyl (C=O) groups excluding carboxylic acids is 2. The van der Waals surface area contributed by atoms with E-state index in [1.807, 2.05) is 19.9 Å². The summed E-state index contributed by atoms with van der Waals surface area (Å²) in [6.07, 6.45) is -2.08. The lowest BCUT2D eigenvalue weighted by atomic mass is 9.85. The Balaban J connectivity index is 3.04. The average molecular weight is 250 g/mol. The van der Waals surface area contributed by atoms with Gasteiger partial charge in [0.2, 0.25) is 12.0 Å². The van der Waals surface area contributed by atoms with Crippen molar-refractivity contribution in [2.75, 3.05) is 0 Å². The van der Waals surface area contributed by atoms with Crippen LogP contribution in [0, 0.1) is 19.3 Å². The topological polar surface area (TPSA) is 34.1 Å². The Labute approximate surface area is 107 Å². The highest BCUT2D eigenvalue weighted by Gasteiger charge is 2.35. The number of aryl methyl sites for hydroxylation is 2. The van der Waals surface area contributed by atoms with E-state index in [-0.39, 0.29) is 5.56 Å². The van der Waals surface area contributed by atoms with E-state index in [4.69, 9.17) is 0 Å². The van der Waals surface area contributed by atoms with Crippen molar-refractivity contribution in [3.63, 3.8) is 0 Å². The Morgan fingerprint density at radius 1 is 1.06 bits per heavy atom. The van der Waals surface area contributed by atoms with Gasteiger partial charge in [-0.25, -0.2) is 4.39 Å². The summed E-state index contributed by atoms with van der Waals surface area (Å²) in [5, 5.41) is 0. The standard InChI is InChI=1S/C15H19FO2/c1-9-6-10(2)8-11(7-9)13(17)12(16)14(18)15(3,4)5/h6-8,12H,1-5H3. The summed E-state index contributed by atoms with van der Waals surface area (Å²) >= 11 is 0. The quantitative estimate of drug-likeness (QED) is 0.608. The van der Waals surface area contributed by atoms with Gasteiger partial charge in [0.25, 0.3) is 0 Å². The van der Waals surface area contributed by atoms with E-state index in [0.29, 0.717) is 0 Å². The van der Waals surface area contributed by atoms with Crippen LogP contribution < -0.4 is 0 Å². The van der Waals surface area contributed by atoms with Gasteiger partial charge in [0, 0.05) is 11.0 Å².